The molecule has 1 aliphatic carbocycles. The van der Waals surface area contributed by atoms with Crippen LogP contribution in [-0.2, 0) is 21.6 Å². The third-order valence-corrected chi connectivity index (χ3v) is 5.20. The number of aryl methyl sites for hydroxylation is 1. The highest BCUT2D eigenvalue weighted by Crippen LogP contribution is 2.47. The average Bonchev–Trinajstić information content (AvgIpc) is 2.70. The summed E-state index contributed by atoms with van der Waals surface area (Å²) < 4.78 is 20.0. The van der Waals surface area contributed by atoms with E-state index in [1.165, 1.54) is 19.3 Å². The second kappa shape index (κ2) is 7.25. The van der Waals surface area contributed by atoms with E-state index in [0.29, 0.717) is 16.8 Å². The molecule has 0 aromatic carbocycles. The second-order valence-corrected chi connectivity index (χ2v) is 7.64. The van der Waals surface area contributed by atoms with Gasteiger partial charge in [-0.05, 0) is 36.6 Å². The molecule has 5 nitrogen and oxygen atoms in total. The predicted octanol–water partition coefficient (Wildman–Crippen LogP) is 4.14. The summed E-state index contributed by atoms with van der Waals surface area (Å²) in [7, 11) is 1.51. The predicted molar refractivity (Wildman–Crippen MR) is 103 cm³/mol. The van der Waals surface area contributed by atoms with E-state index in [1.807, 2.05) is 19.1 Å². The Bertz CT molecular complexity index is 1010. The lowest BCUT2D eigenvalue weighted by molar-refractivity contribution is -0.128. The first kappa shape index (κ1) is 19.8. The molecule has 0 saturated carbocycles. The fourth-order valence-corrected chi connectivity index (χ4v) is 3.74. The van der Waals surface area contributed by atoms with Crippen LogP contribution in [0.2, 0.25) is 0 Å². The maximum atomic E-state index is 14.1. The van der Waals surface area contributed by atoms with Gasteiger partial charge in [0.05, 0.1) is 17.5 Å². The van der Waals surface area contributed by atoms with E-state index in [9.17, 15) is 14.4 Å². The zero-order valence-corrected chi connectivity index (χ0v) is 16.4. The molecular weight excluding hydrogens is 357 g/mol. The van der Waals surface area contributed by atoms with Gasteiger partial charge in [-0.2, -0.15) is 5.26 Å². The van der Waals surface area contributed by atoms with Gasteiger partial charge >= 0.3 is 0 Å². The molecule has 0 saturated heterocycles. The van der Waals surface area contributed by atoms with E-state index >= 15 is 0 Å². The molecule has 144 valence electrons. The zero-order chi connectivity index (χ0) is 20.5. The number of rotatable bonds is 4. The van der Waals surface area contributed by atoms with E-state index < -0.39 is 16.8 Å². The van der Waals surface area contributed by atoms with Crippen molar-refractivity contribution < 1.29 is 13.9 Å². The number of nitriles is 1. The average molecular weight is 379 g/mol. The Labute approximate surface area is 163 Å². The number of ketones is 1. The summed E-state index contributed by atoms with van der Waals surface area (Å²) >= 11 is 0. The van der Waals surface area contributed by atoms with Gasteiger partial charge in [-0.3, -0.25) is 14.8 Å². The number of hydrogen-bond donors (Lipinski definition) is 0. The largest absolute Gasteiger partial charge is 0.368 e. The van der Waals surface area contributed by atoms with Crippen LogP contribution < -0.4 is 0 Å². The van der Waals surface area contributed by atoms with Gasteiger partial charge in [-0.25, -0.2) is 4.39 Å². The number of Topliss-reactive ketones (excluding diaryl/α,β-unsaturated/α-hetero) is 1. The smallest absolute Gasteiger partial charge is 0.178 e. The van der Waals surface area contributed by atoms with Gasteiger partial charge in [-0.15, -0.1) is 0 Å². The summed E-state index contributed by atoms with van der Waals surface area (Å²) in [6.07, 6.45) is 7.12. The fraction of sp³-hybridized carbons (Fsp3) is 0.364. The van der Waals surface area contributed by atoms with E-state index in [2.05, 4.69) is 9.97 Å². The van der Waals surface area contributed by atoms with E-state index in [4.69, 9.17) is 4.74 Å². The summed E-state index contributed by atoms with van der Waals surface area (Å²) in [5.41, 5.74) is 0.769. The van der Waals surface area contributed by atoms with E-state index in [0.717, 1.165) is 18.2 Å². The van der Waals surface area contributed by atoms with Crippen molar-refractivity contribution >= 4 is 5.78 Å². The molecule has 0 radical (unpaired) electrons. The molecule has 0 fully saturated rings. The summed E-state index contributed by atoms with van der Waals surface area (Å²) in [4.78, 5) is 21.2. The fourth-order valence-electron chi connectivity index (χ4n) is 3.74. The zero-order valence-electron chi connectivity index (χ0n) is 16.4. The number of pyridine rings is 2. The van der Waals surface area contributed by atoms with Gasteiger partial charge in [0.15, 0.2) is 5.78 Å². The van der Waals surface area contributed by atoms with Gasteiger partial charge in [0, 0.05) is 36.0 Å². The molecule has 1 aliphatic rings. The highest BCUT2D eigenvalue weighted by molar-refractivity contribution is 6.04. The summed E-state index contributed by atoms with van der Waals surface area (Å²) in [5.74, 6) is -0.719. The van der Waals surface area contributed by atoms with Crippen molar-refractivity contribution in [3.63, 3.8) is 0 Å². The summed E-state index contributed by atoms with van der Waals surface area (Å²) in [6.45, 7) is 5.56. The van der Waals surface area contributed by atoms with Crippen molar-refractivity contribution in [2.24, 2.45) is 5.41 Å². The topological polar surface area (TPSA) is 75.9 Å². The SMILES string of the molecule is CCc1cncc(-c2cc(F)cnc2C2(OC)C=C(C#N)C(=O)C(C)(C)C2)c1. The van der Waals surface area contributed by atoms with Crippen LogP contribution in [0, 0.1) is 22.6 Å². The Morgan fingerprint density at radius 3 is 2.68 bits per heavy atom. The van der Waals surface area contributed by atoms with Crippen molar-refractivity contribution in [1.82, 2.24) is 9.97 Å². The van der Waals surface area contributed by atoms with Gasteiger partial charge in [0.25, 0.3) is 0 Å². The van der Waals surface area contributed by atoms with Gasteiger partial charge in [0.2, 0.25) is 0 Å². The lowest BCUT2D eigenvalue weighted by Crippen LogP contribution is -2.43. The lowest BCUT2D eigenvalue weighted by atomic mass is 9.68. The number of hydrogen-bond acceptors (Lipinski definition) is 5. The number of carbonyl (C=O) groups is 1. The van der Waals surface area contributed by atoms with Crippen molar-refractivity contribution in [2.45, 2.75) is 39.2 Å². The van der Waals surface area contributed by atoms with Gasteiger partial charge in [0.1, 0.15) is 17.5 Å². The molecular formula is C22H22FN3O2. The third kappa shape index (κ3) is 3.34. The minimum Gasteiger partial charge on any atom is -0.368 e. The number of nitrogens with zero attached hydrogens (tertiary/aromatic N) is 3. The highest BCUT2D eigenvalue weighted by atomic mass is 19.1. The Kier molecular flexibility index (Phi) is 5.14. The molecule has 0 amide bonds. The minimum absolute atomic E-state index is 0.0237. The monoisotopic (exact) mass is 379 g/mol. The van der Waals surface area contributed by atoms with Crippen LogP contribution in [0.25, 0.3) is 11.1 Å². The third-order valence-electron chi connectivity index (χ3n) is 5.20. The van der Waals surface area contributed by atoms with Crippen LogP contribution in [-0.4, -0.2) is 22.9 Å². The quantitative estimate of drug-likeness (QED) is 0.798. The Balaban J connectivity index is 2.29. The second-order valence-electron chi connectivity index (χ2n) is 7.64. The summed E-state index contributed by atoms with van der Waals surface area (Å²) in [5, 5.41) is 9.48. The molecule has 0 aliphatic heterocycles. The standard InChI is InChI=1S/C22H22FN3O2/c1-5-14-6-15(11-25-10-14)18-7-17(23)12-26-19(18)22(28-4)8-16(9-24)20(27)21(2,3)13-22/h6-8,10-12H,5,13H2,1-4H3. The van der Waals surface area contributed by atoms with Crippen LogP contribution >= 0.6 is 0 Å². The van der Waals surface area contributed by atoms with Crippen molar-refractivity contribution in [3.05, 3.63) is 59.4 Å². The first-order chi connectivity index (χ1) is 13.3. The first-order valence-corrected chi connectivity index (χ1v) is 9.09. The molecule has 0 spiro atoms. The van der Waals surface area contributed by atoms with Crippen molar-refractivity contribution in [2.75, 3.05) is 7.11 Å². The van der Waals surface area contributed by atoms with Crippen LogP contribution in [0.5, 0.6) is 0 Å². The highest BCUT2D eigenvalue weighted by Gasteiger charge is 2.48. The van der Waals surface area contributed by atoms with Crippen LogP contribution in [0.1, 0.15) is 38.4 Å². The molecule has 3 rings (SSSR count). The Morgan fingerprint density at radius 2 is 2.04 bits per heavy atom. The minimum atomic E-state index is -1.13. The van der Waals surface area contributed by atoms with Gasteiger partial charge < -0.3 is 4.74 Å². The van der Waals surface area contributed by atoms with Crippen molar-refractivity contribution in [3.8, 4) is 17.2 Å². The molecule has 2 aromatic rings. The van der Waals surface area contributed by atoms with Crippen LogP contribution in [0.15, 0.2) is 42.4 Å². The molecule has 2 aromatic heterocycles. The number of methoxy groups -OCH3 is 1. The Morgan fingerprint density at radius 1 is 1.29 bits per heavy atom. The normalized spacial score (nSPS) is 21.1. The van der Waals surface area contributed by atoms with Crippen molar-refractivity contribution in [1.29, 1.82) is 5.26 Å². The number of allylic oxidation sites excluding steroid dienone is 1. The van der Waals surface area contributed by atoms with Gasteiger partial charge in [-0.1, -0.05) is 20.8 Å². The maximum absolute atomic E-state index is 14.1. The number of carbonyl (C=O) groups excluding carboxylic acids is 1. The number of ether oxygens (including phenoxy) is 1. The molecule has 1 atom stereocenters. The molecule has 0 N–H and O–H groups in total. The number of halogens is 1. The van der Waals surface area contributed by atoms with E-state index in [1.54, 1.807) is 26.2 Å². The first-order valence-electron chi connectivity index (χ1n) is 9.09. The molecule has 2 heterocycles. The molecule has 1 unspecified atom stereocenters. The molecule has 0 bridgehead atoms. The number of aromatic nitrogens is 2. The van der Waals surface area contributed by atoms with Crippen LogP contribution in [0.3, 0.4) is 0 Å². The van der Waals surface area contributed by atoms with E-state index in [-0.39, 0.29) is 17.8 Å². The summed E-state index contributed by atoms with van der Waals surface area (Å²) in [6, 6.07) is 5.30. The molecule has 6 heteroatoms. The maximum Gasteiger partial charge on any atom is 0.178 e. The van der Waals surface area contributed by atoms with Crippen LogP contribution in [0.4, 0.5) is 4.39 Å². The molecule has 28 heavy (non-hydrogen) atoms. The Hall–Kier alpha value is -2.91. The lowest BCUT2D eigenvalue weighted by Gasteiger charge is -2.40.